The predicted octanol–water partition coefficient (Wildman–Crippen LogP) is 2.96. The van der Waals surface area contributed by atoms with Crippen LogP contribution >= 0.6 is 0 Å². The van der Waals surface area contributed by atoms with Crippen LogP contribution in [0, 0.1) is 28.4 Å². The molecule has 0 saturated heterocycles. The standard InChI is InChI=1S/C13H9N3O3/c1-9-2-3-10(8-14)13(15-9)19-12-6-4-11(5-7-12)16(17)18/h2-7H,1H3. The minimum Gasteiger partial charge on any atom is -0.438 e. The number of hydrogen-bond acceptors (Lipinski definition) is 5. The topological polar surface area (TPSA) is 89.0 Å². The number of ether oxygens (including phenoxy) is 1. The molecule has 0 amide bonds. The first-order valence-electron chi connectivity index (χ1n) is 5.40. The zero-order valence-electron chi connectivity index (χ0n) is 10.0. The number of hydrogen-bond donors (Lipinski definition) is 0. The Labute approximate surface area is 109 Å². The van der Waals surface area contributed by atoms with Gasteiger partial charge in [0.05, 0.1) is 4.92 Å². The summed E-state index contributed by atoms with van der Waals surface area (Å²) in [6.07, 6.45) is 0. The van der Waals surface area contributed by atoms with E-state index in [2.05, 4.69) is 4.98 Å². The molecule has 0 atom stereocenters. The molecule has 19 heavy (non-hydrogen) atoms. The third-order valence-corrected chi connectivity index (χ3v) is 2.38. The molecule has 94 valence electrons. The summed E-state index contributed by atoms with van der Waals surface area (Å²) < 4.78 is 5.46. The fraction of sp³-hybridized carbons (Fsp3) is 0.0769. The van der Waals surface area contributed by atoms with Crippen molar-refractivity contribution in [3.8, 4) is 17.7 Å². The lowest BCUT2D eigenvalue weighted by Gasteiger charge is -2.06. The Hall–Kier alpha value is -2.94. The van der Waals surface area contributed by atoms with Gasteiger partial charge in [0.1, 0.15) is 17.4 Å². The van der Waals surface area contributed by atoms with Crippen LogP contribution in [-0.2, 0) is 0 Å². The van der Waals surface area contributed by atoms with Crippen molar-refractivity contribution in [2.24, 2.45) is 0 Å². The molecule has 0 aliphatic carbocycles. The monoisotopic (exact) mass is 255 g/mol. The van der Waals surface area contributed by atoms with Crippen LogP contribution in [-0.4, -0.2) is 9.91 Å². The number of nitrogens with zero attached hydrogens (tertiary/aromatic N) is 3. The number of nitriles is 1. The van der Waals surface area contributed by atoms with Gasteiger partial charge in [-0.3, -0.25) is 10.1 Å². The maximum atomic E-state index is 10.5. The second kappa shape index (κ2) is 5.14. The summed E-state index contributed by atoms with van der Waals surface area (Å²) in [5.74, 6) is 0.580. The van der Waals surface area contributed by atoms with Gasteiger partial charge in [0.2, 0.25) is 5.88 Å². The van der Waals surface area contributed by atoms with Crippen LogP contribution in [0.5, 0.6) is 11.6 Å². The minimum atomic E-state index is -0.491. The van der Waals surface area contributed by atoms with Gasteiger partial charge in [-0.2, -0.15) is 5.26 Å². The zero-order valence-corrected chi connectivity index (χ0v) is 10.0. The molecule has 1 aromatic heterocycles. The number of nitro groups is 1. The van der Waals surface area contributed by atoms with E-state index in [1.807, 2.05) is 6.07 Å². The normalized spacial score (nSPS) is 9.68. The second-order valence-electron chi connectivity index (χ2n) is 3.77. The average molecular weight is 255 g/mol. The molecule has 0 saturated carbocycles. The molecule has 0 fully saturated rings. The first kappa shape index (κ1) is 12.5. The summed E-state index contributed by atoms with van der Waals surface area (Å²) in [5.41, 5.74) is 1.00. The summed E-state index contributed by atoms with van der Waals surface area (Å²) in [6, 6.07) is 10.9. The van der Waals surface area contributed by atoms with Gasteiger partial charge < -0.3 is 4.74 Å². The van der Waals surface area contributed by atoms with E-state index in [0.29, 0.717) is 11.3 Å². The Morgan fingerprint density at radius 1 is 1.26 bits per heavy atom. The van der Waals surface area contributed by atoms with Gasteiger partial charge in [0.25, 0.3) is 5.69 Å². The number of rotatable bonds is 3. The molecule has 1 heterocycles. The van der Waals surface area contributed by atoms with Gasteiger partial charge >= 0.3 is 0 Å². The maximum Gasteiger partial charge on any atom is 0.269 e. The van der Waals surface area contributed by atoms with E-state index in [1.165, 1.54) is 24.3 Å². The third kappa shape index (κ3) is 2.84. The Bertz CT molecular complexity index is 660. The van der Waals surface area contributed by atoms with Crippen molar-refractivity contribution in [3.05, 3.63) is 57.8 Å². The fourth-order valence-electron chi connectivity index (χ4n) is 1.44. The molecule has 0 aliphatic rings. The first-order valence-corrected chi connectivity index (χ1v) is 5.40. The molecule has 6 heteroatoms. The van der Waals surface area contributed by atoms with Gasteiger partial charge in [0, 0.05) is 17.8 Å². The Balaban J connectivity index is 2.28. The summed E-state index contributed by atoms with van der Waals surface area (Å²) in [6.45, 7) is 1.78. The van der Waals surface area contributed by atoms with Crippen molar-refractivity contribution in [1.82, 2.24) is 4.98 Å². The van der Waals surface area contributed by atoms with E-state index in [4.69, 9.17) is 10.00 Å². The van der Waals surface area contributed by atoms with Crippen molar-refractivity contribution in [2.45, 2.75) is 6.92 Å². The second-order valence-corrected chi connectivity index (χ2v) is 3.77. The van der Waals surface area contributed by atoms with Crippen molar-refractivity contribution in [2.75, 3.05) is 0 Å². The van der Waals surface area contributed by atoms with E-state index < -0.39 is 4.92 Å². The van der Waals surface area contributed by atoms with Gasteiger partial charge in [-0.1, -0.05) is 0 Å². The molecule has 0 aliphatic heterocycles. The lowest BCUT2D eigenvalue weighted by atomic mass is 10.2. The van der Waals surface area contributed by atoms with E-state index >= 15 is 0 Å². The molecule has 6 nitrogen and oxygen atoms in total. The minimum absolute atomic E-state index is 0.0231. The van der Waals surface area contributed by atoms with E-state index in [1.54, 1.807) is 19.1 Å². The first-order chi connectivity index (χ1) is 9.10. The summed E-state index contributed by atoms with van der Waals surface area (Å²) in [7, 11) is 0. The van der Waals surface area contributed by atoms with Crippen LogP contribution in [0.1, 0.15) is 11.3 Å². The number of aromatic nitrogens is 1. The van der Waals surface area contributed by atoms with Gasteiger partial charge in [-0.15, -0.1) is 0 Å². The number of benzene rings is 1. The predicted molar refractivity (Wildman–Crippen MR) is 66.9 cm³/mol. The lowest BCUT2D eigenvalue weighted by Crippen LogP contribution is -1.94. The SMILES string of the molecule is Cc1ccc(C#N)c(Oc2ccc([N+](=O)[O-])cc2)n1. The molecule has 1 aromatic carbocycles. The van der Waals surface area contributed by atoms with Gasteiger partial charge in [-0.25, -0.2) is 4.98 Å². The van der Waals surface area contributed by atoms with Crippen LogP contribution in [0.4, 0.5) is 5.69 Å². The van der Waals surface area contributed by atoms with Crippen LogP contribution in [0.15, 0.2) is 36.4 Å². The Morgan fingerprint density at radius 2 is 1.95 bits per heavy atom. The van der Waals surface area contributed by atoms with Crippen molar-refractivity contribution < 1.29 is 9.66 Å². The Morgan fingerprint density at radius 3 is 2.53 bits per heavy atom. The average Bonchev–Trinajstić information content (AvgIpc) is 2.39. The van der Waals surface area contributed by atoms with E-state index in [0.717, 1.165) is 5.69 Å². The molecule has 2 aromatic rings. The highest BCUT2D eigenvalue weighted by atomic mass is 16.6. The van der Waals surface area contributed by atoms with E-state index in [-0.39, 0.29) is 11.6 Å². The van der Waals surface area contributed by atoms with Crippen LogP contribution in [0.2, 0.25) is 0 Å². The highest BCUT2D eigenvalue weighted by Gasteiger charge is 2.09. The summed E-state index contributed by atoms with van der Waals surface area (Å²) >= 11 is 0. The molecular weight excluding hydrogens is 246 g/mol. The van der Waals surface area contributed by atoms with Gasteiger partial charge in [0.15, 0.2) is 0 Å². The van der Waals surface area contributed by atoms with Crippen LogP contribution in [0.3, 0.4) is 0 Å². The lowest BCUT2D eigenvalue weighted by molar-refractivity contribution is -0.384. The number of nitro benzene ring substituents is 1. The summed E-state index contributed by atoms with van der Waals surface area (Å²) in [4.78, 5) is 14.2. The van der Waals surface area contributed by atoms with E-state index in [9.17, 15) is 10.1 Å². The highest BCUT2D eigenvalue weighted by Crippen LogP contribution is 2.25. The van der Waals surface area contributed by atoms with Crippen LogP contribution < -0.4 is 4.74 Å². The van der Waals surface area contributed by atoms with Crippen molar-refractivity contribution in [1.29, 1.82) is 5.26 Å². The molecular formula is C13H9N3O3. The molecule has 0 spiro atoms. The Kier molecular flexibility index (Phi) is 3.39. The molecule has 0 N–H and O–H groups in total. The summed E-state index contributed by atoms with van der Waals surface area (Å²) in [5, 5.41) is 19.5. The van der Waals surface area contributed by atoms with Crippen molar-refractivity contribution in [3.63, 3.8) is 0 Å². The van der Waals surface area contributed by atoms with Gasteiger partial charge in [-0.05, 0) is 31.2 Å². The maximum absolute atomic E-state index is 10.5. The fourth-order valence-corrected chi connectivity index (χ4v) is 1.44. The van der Waals surface area contributed by atoms with Crippen LogP contribution in [0.25, 0.3) is 0 Å². The number of pyridine rings is 1. The largest absolute Gasteiger partial charge is 0.438 e. The molecule has 0 unspecified atom stereocenters. The van der Waals surface area contributed by atoms with Crippen molar-refractivity contribution >= 4 is 5.69 Å². The number of aryl methyl sites for hydroxylation is 1. The highest BCUT2D eigenvalue weighted by molar-refractivity contribution is 5.43. The molecule has 2 rings (SSSR count). The number of non-ortho nitro benzene ring substituents is 1. The quantitative estimate of drug-likeness (QED) is 0.621. The zero-order chi connectivity index (χ0) is 13.8. The smallest absolute Gasteiger partial charge is 0.269 e. The molecule has 0 bridgehead atoms. The third-order valence-electron chi connectivity index (χ3n) is 2.38. The molecule has 0 radical (unpaired) electrons.